The van der Waals surface area contributed by atoms with Gasteiger partial charge in [0.05, 0.1) is 11.5 Å². The van der Waals surface area contributed by atoms with E-state index in [9.17, 15) is 4.79 Å². The van der Waals surface area contributed by atoms with E-state index in [-0.39, 0.29) is 18.0 Å². The summed E-state index contributed by atoms with van der Waals surface area (Å²) in [7, 11) is 0. The van der Waals surface area contributed by atoms with Gasteiger partial charge in [-0.1, -0.05) is 18.7 Å². The molecule has 2 aliphatic rings. The standard InChI is InChI=1S/C13H13N3O3S/c1-2-11-12(17)15-13(20-11)16-14-6-8-3-4-9-10(5-8)19-7-18-9/h3-6,11H,2,7H2,1H3,(H,15,16,17). The predicted molar refractivity (Wildman–Crippen MR) is 77.4 cm³/mol. The van der Waals surface area contributed by atoms with Crippen LogP contribution in [0.15, 0.2) is 28.4 Å². The summed E-state index contributed by atoms with van der Waals surface area (Å²) in [4.78, 5) is 11.5. The van der Waals surface area contributed by atoms with Gasteiger partial charge < -0.3 is 14.8 Å². The fraction of sp³-hybridized carbons (Fsp3) is 0.308. The first-order valence-electron chi connectivity index (χ1n) is 6.24. The minimum absolute atomic E-state index is 0.00507. The first-order valence-corrected chi connectivity index (χ1v) is 7.12. The van der Waals surface area contributed by atoms with E-state index in [0.717, 1.165) is 17.7 Å². The Morgan fingerprint density at radius 2 is 2.30 bits per heavy atom. The molecular weight excluding hydrogens is 278 g/mol. The number of nitrogens with zero attached hydrogens (tertiary/aromatic N) is 2. The Balaban J connectivity index is 1.68. The highest BCUT2D eigenvalue weighted by Gasteiger charge is 2.28. The van der Waals surface area contributed by atoms with E-state index in [0.29, 0.717) is 10.9 Å². The van der Waals surface area contributed by atoms with Crippen LogP contribution in [0.1, 0.15) is 18.9 Å². The first-order chi connectivity index (χ1) is 9.76. The Labute approximate surface area is 120 Å². The van der Waals surface area contributed by atoms with Gasteiger partial charge >= 0.3 is 0 Å². The molecule has 0 radical (unpaired) electrons. The van der Waals surface area contributed by atoms with Crippen LogP contribution in [0, 0.1) is 0 Å². The highest BCUT2D eigenvalue weighted by atomic mass is 32.2. The average Bonchev–Trinajstić information content (AvgIpc) is 3.04. The third-order valence-corrected chi connectivity index (χ3v) is 4.14. The molecule has 0 saturated carbocycles. The summed E-state index contributed by atoms with van der Waals surface area (Å²) >= 11 is 1.40. The van der Waals surface area contributed by atoms with E-state index < -0.39 is 0 Å². The van der Waals surface area contributed by atoms with Crippen molar-refractivity contribution >= 4 is 29.1 Å². The molecule has 104 valence electrons. The van der Waals surface area contributed by atoms with Crippen LogP contribution in [0.3, 0.4) is 0 Å². The van der Waals surface area contributed by atoms with Gasteiger partial charge in [0.2, 0.25) is 12.7 Å². The van der Waals surface area contributed by atoms with Gasteiger partial charge in [0, 0.05) is 0 Å². The highest BCUT2D eigenvalue weighted by Crippen LogP contribution is 2.32. The van der Waals surface area contributed by atoms with Gasteiger partial charge in [-0.05, 0) is 30.2 Å². The number of amidine groups is 1. The average molecular weight is 291 g/mol. The van der Waals surface area contributed by atoms with Crippen LogP contribution in [0.2, 0.25) is 0 Å². The van der Waals surface area contributed by atoms with Crippen molar-refractivity contribution in [1.29, 1.82) is 0 Å². The molecule has 0 bridgehead atoms. The van der Waals surface area contributed by atoms with Crippen molar-refractivity contribution < 1.29 is 14.3 Å². The fourth-order valence-electron chi connectivity index (χ4n) is 1.86. The van der Waals surface area contributed by atoms with E-state index in [2.05, 4.69) is 15.5 Å². The molecule has 1 unspecified atom stereocenters. The highest BCUT2D eigenvalue weighted by molar-refractivity contribution is 8.15. The molecule has 1 atom stereocenters. The van der Waals surface area contributed by atoms with Crippen LogP contribution in [0.4, 0.5) is 0 Å². The number of fused-ring (bicyclic) bond motifs is 1. The molecule has 1 amide bonds. The second-order valence-corrected chi connectivity index (χ2v) is 5.46. The third kappa shape index (κ3) is 2.62. The van der Waals surface area contributed by atoms with E-state index in [1.54, 1.807) is 6.21 Å². The maximum atomic E-state index is 11.5. The molecule has 3 rings (SSSR count). The minimum atomic E-state index is -0.0607. The van der Waals surface area contributed by atoms with Crippen molar-refractivity contribution in [3.05, 3.63) is 23.8 Å². The Bertz CT molecular complexity index is 601. The predicted octanol–water partition coefficient (Wildman–Crippen LogP) is 1.75. The zero-order valence-corrected chi connectivity index (χ0v) is 11.6. The summed E-state index contributed by atoms with van der Waals surface area (Å²) < 4.78 is 10.5. The SMILES string of the molecule is CCC1S/C(=N/N=Cc2ccc3c(c2)OCO3)NC1=O. The summed E-state index contributed by atoms with van der Waals surface area (Å²) in [6.07, 6.45) is 2.39. The molecule has 1 saturated heterocycles. The number of thioether (sulfide) groups is 1. The van der Waals surface area contributed by atoms with Crippen molar-refractivity contribution in [2.75, 3.05) is 6.79 Å². The Hall–Kier alpha value is -2.02. The third-order valence-electron chi connectivity index (χ3n) is 2.90. The zero-order valence-electron chi connectivity index (χ0n) is 10.8. The second kappa shape index (κ2) is 5.54. The number of hydrogen-bond acceptors (Lipinski definition) is 6. The van der Waals surface area contributed by atoms with Crippen LogP contribution in [0.5, 0.6) is 11.5 Å². The van der Waals surface area contributed by atoms with Crippen LogP contribution < -0.4 is 14.8 Å². The van der Waals surface area contributed by atoms with Crippen LogP contribution in [0.25, 0.3) is 0 Å². The van der Waals surface area contributed by atoms with Crippen molar-refractivity contribution in [1.82, 2.24) is 5.32 Å². The summed E-state index contributed by atoms with van der Waals surface area (Å²) in [5.74, 6) is 1.43. The lowest BCUT2D eigenvalue weighted by atomic mass is 10.2. The lowest BCUT2D eigenvalue weighted by Crippen LogP contribution is -2.24. The molecule has 0 aliphatic carbocycles. The Morgan fingerprint density at radius 3 is 3.10 bits per heavy atom. The summed E-state index contributed by atoms with van der Waals surface area (Å²) in [6.45, 7) is 2.22. The number of ether oxygens (including phenoxy) is 2. The number of benzene rings is 1. The van der Waals surface area contributed by atoms with Gasteiger partial charge in [-0.3, -0.25) is 4.79 Å². The largest absolute Gasteiger partial charge is 0.454 e. The van der Waals surface area contributed by atoms with Gasteiger partial charge in [-0.2, -0.15) is 5.10 Å². The van der Waals surface area contributed by atoms with Crippen LogP contribution >= 0.6 is 11.8 Å². The number of carbonyl (C=O) groups is 1. The first kappa shape index (κ1) is 13.0. The number of rotatable bonds is 3. The van der Waals surface area contributed by atoms with Gasteiger partial charge in [-0.15, -0.1) is 5.10 Å². The molecule has 1 aromatic carbocycles. The van der Waals surface area contributed by atoms with Crippen molar-refractivity contribution in [2.45, 2.75) is 18.6 Å². The van der Waals surface area contributed by atoms with Crippen molar-refractivity contribution in [3.63, 3.8) is 0 Å². The van der Waals surface area contributed by atoms with Gasteiger partial charge in [0.1, 0.15) is 0 Å². The molecule has 2 heterocycles. The van der Waals surface area contributed by atoms with Gasteiger partial charge in [-0.25, -0.2) is 0 Å². The fourth-order valence-corrected chi connectivity index (χ4v) is 2.72. The Kier molecular flexibility index (Phi) is 3.60. The topological polar surface area (TPSA) is 72.3 Å². The van der Waals surface area contributed by atoms with Crippen molar-refractivity contribution in [2.24, 2.45) is 10.2 Å². The summed E-state index contributed by atoms with van der Waals surface area (Å²) in [5, 5.41) is 11.2. The summed E-state index contributed by atoms with van der Waals surface area (Å²) in [5.41, 5.74) is 0.861. The van der Waals surface area contributed by atoms with Gasteiger partial charge in [0.25, 0.3) is 0 Å². The lowest BCUT2D eigenvalue weighted by Gasteiger charge is -1.96. The molecule has 0 spiro atoms. The lowest BCUT2D eigenvalue weighted by molar-refractivity contribution is -0.118. The second-order valence-electron chi connectivity index (χ2n) is 4.27. The maximum Gasteiger partial charge on any atom is 0.239 e. The maximum absolute atomic E-state index is 11.5. The van der Waals surface area contributed by atoms with Crippen molar-refractivity contribution in [3.8, 4) is 11.5 Å². The molecular formula is C13H13N3O3S. The van der Waals surface area contributed by atoms with E-state index in [1.807, 2.05) is 25.1 Å². The monoisotopic (exact) mass is 291 g/mol. The van der Waals surface area contributed by atoms with E-state index >= 15 is 0 Å². The molecule has 1 N–H and O–H groups in total. The number of amides is 1. The van der Waals surface area contributed by atoms with Crippen LogP contribution in [-0.4, -0.2) is 29.3 Å². The molecule has 0 aromatic heterocycles. The summed E-state index contributed by atoms with van der Waals surface area (Å²) in [6, 6.07) is 5.53. The van der Waals surface area contributed by atoms with Crippen LogP contribution in [-0.2, 0) is 4.79 Å². The number of carbonyl (C=O) groups excluding carboxylic acids is 1. The van der Waals surface area contributed by atoms with E-state index in [4.69, 9.17) is 9.47 Å². The normalized spacial score (nSPS) is 22.8. The zero-order chi connectivity index (χ0) is 13.9. The molecule has 20 heavy (non-hydrogen) atoms. The minimum Gasteiger partial charge on any atom is -0.454 e. The smallest absolute Gasteiger partial charge is 0.239 e. The molecule has 6 nitrogen and oxygen atoms in total. The number of nitrogens with one attached hydrogen (secondary N) is 1. The molecule has 1 aromatic rings. The quantitative estimate of drug-likeness (QED) is 0.680. The number of hydrogen-bond donors (Lipinski definition) is 1. The van der Waals surface area contributed by atoms with Gasteiger partial charge in [0.15, 0.2) is 16.7 Å². The molecule has 1 fully saturated rings. The molecule has 7 heteroatoms. The van der Waals surface area contributed by atoms with E-state index in [1.165, 1.54) is 11.8 Å². The Morgan fingerprint density at radius 1 is 1.45 bits per heavy atom. The molecule has 2 aliphatic heterocycles.